The molecule has 2 aromatic rings. The molecule has 21 heavy (non-hydrogen) atoms. The molecule has 0 spiro atoms. The molecule has 7 heteroatoms. The molecular formula is C14H17ClN4O2. The molecule has 0 saturated heterocycles. The average molecular weight is 309 g/mol. The second kappa shape index (κ2) is 7.08. The van der Waals surface area contributed by atoms with Crippen molar-refractivity contribution in [1.29, 1.82) is 0 Å². The Morgan fingerprint density at radius 1 is 1.14 bits per heavy atom. The summed E-state index contributed by atoms with van der Waals surface area (Å²) in [6.07, 6.45) is 0. The molecule has 1 heterocycles. The standard InChI is InChI=1S/C14H17ClN4O2/c1-4-16-12-17-13(20-5-2)19-14(18-12)21-11-7-6-9(3)8-10(11)15/h6-8H,4-5H2,1-3H3,(H,16,17,18,19). The molecule has 0 aliphatic carbocycles. The van der Waals surface area contributed by atoms with Gasteiger partial charge >= 0.3 is 12.0 Å². The van der Waals surface area contributed by atoms with E-state index in [-0.39, 0.29) is 12.0 Å². The Kier molecular flexibility index (Phi) is 5.16. The van der Waals surface area contributed by atoms with E-state index >= 15 is 0 Å². The van der Waals surface area contributed by atoms with E-state index in [4.69, 9.17) is 21.1 Å². The topological polar surface area (TPSA) is 69.2 Å². The van der Waals surface area contributed by atoms with Crippen molar-refractivity contribution in [2.24, 2.45) is 0 Å². The normalized spacial score (nSPS) is 10.3. The predicted octanol–water partition coefficient (Wildman–Crippen LogP) is 3.46. The number of halogens is 1. The van der Waals surface area contributed by atoms with Gasteiger partial charge in [-0.15, -0.1) is 4.98 Å². The number of anilines is 1. The zero-order valence-corrected chi connectivity index (χ0v) is 12.9. The lowest BCUT2D eigenvalue weighted by Crippen LogP contribution is -2.07. The van der Waals surface area contributed by atoms with Crippen LogP contribution in [0.25, 0.3) is 0 Å². The number of rotatable bonds is 6. The first kappa shape index (κ1) is 15.3. The van der Waals surface area contributed by atoms with Crippen LogP contribution >= 0.6 is 11.6 Å². The van der Waals surface area contributed by atoms with Gasteiger partial charge in [-0.25, -0.2) is 0 Å². The Balaban J connectivity index is 2.29. The van der Waals surface area contributed by atoms with Crippen molar-refractivity contribution in [2.45, 2.75) is 20.8 Å². The number of nitrogens with one attached hydrogen (secondary N) is 1. The molecule has 0 amide bonds. The highest BCUT2D eigenvalue weighted by Gasteiger charge is 2.11. The van der Waals surface area contributed by atoms with Gasteiger partial charge in [0, 0.05) is 6.54 Å². The summed E-state index contributed by atoms with van der Waals surface area (Å²) >= 11 is 6.14. The minimum atomic E-state index is 0.134. The summed E-state index contributed by atoms with van der Waals surface area (Å²) in [6, 6.07) is 5.83. The Morgan fingerprint density at radius 2 is 1.90 bits per heavy atom. The summed E-state index contributed by atoms with van der Waals surface area (Å²) in [4.78, 5) is 12.4. The summed E-state index contributed by atoms with van der Waals surface area (Å²) < 4.78 is 10.9. The molecule has 6 nitrogen and oxygen atoms in total. The number of nitrogens with zero attached hydrogens (tertiary/aromatic N) is 3. The molecule has 0 saturated carbocycles. The third kappa shape index (κ3) is 4.19. The van der Waals surface area contributed by atoms with Crippen molar-refractivity contribution in [2.75, 3.05) is 18.5 Å². The van der Waals surface area contributed by atoms with Gasteiger partial charge in [0.15, 0.2) is 0 Å². The first-order chi connectivity index (χ1) is 10.1. The summed E-state index contributed by atoms with van der Waals surface area (Å²) in [5.74, 6) is 0.882. The van der Waals surface area contributed by atoms with E-state index in [0.29, 0.717) is 29.9 Å². The lowest BCUT2D eigenvalue weighted by atomic mass is 10.2. The van der Waals surface area contributed by atoms with E-state index in [1.807, 2.05) is 32.9 Å². The Morgan fingerprint density at radius 3 is 2.57 bits per heavy atom. The molecule has 0 radical (unpaired) electrons. The number of ether oxygens (including phenoxy) is 2. The molecule has 2 rings (SSSR count). The maximum atomic E-state index is 6.14. The monoisotopic (exact) mass is 308 g/mol. The predicted molar refractivity (Wildman–Crippen MR) is 81.4 cm³/mol. The van der Waals surface area contributed by atoms with Gasteiger partial charge in [0.2, 0.25) is 5.95 Å². The fourth-order valence-corrected chi connectivity index (χ4v) is 1.88. The van der Waals surface area contributed by atoms with Crippen LogP contribution in [0.15, 0.2) is 18.2 Å². The third-order valence-electron chi connectivity index (χ3n) is 2.49. The van der Waals surface area contributed by atoms with Crippen LogP contribution in [0.4, 0.5) is 5.95 Å². The largest absolute Gasteiger partial charge is 0.464 e. The molecule has 112 valence electrons. The van der Waals surface area contributed by atoms with Crippen molar-refractivity contribution >= 4 is 17.5 Å². The Labute approximate surface area is 128 Å². The maximum Gasteiger partial charge on any atom is 0.330 e. The third-order valence-corrected chi connectivity index (χ3v) is 2.79. The van der Waals surface area contributed by atoms with Crippen LogP contribution in [0.1, 0.15) is 19.4 Å². The van der Waals surface area contributed by atoms with Crippen LogP contribution in [0.3, 0.4) is 0 Å². The maximum absolute atomic E-state index is 6.14. The van der Waals surface area contributed by atoms with Gasteiger partial charge in [-0.3, -0.25) is 0 Å². The molecule has 0 atom stereocenters. The molecule has 0 bridgehead atoms. The second-order valence-electron chi connectivity index (χ2n) is 4.22. The van der Waals surface area contributed by atoms with Gasteiger partial charge in [0.1, 0.15) is 5.75 Å². The number of benzene rings is 1. The van der Waals surface area contributed by atoms with Gasteiger partial charge in [-0.05, 0) is 38.5 Å². The highest BCUT2D eigenvalue weighted by atomic mass is 35.5. The highest BCUT2D eigenvalue weighted by molar-refractivity contribution is 6.32. The Hall–Kier alpha value is -2.08. The van der Waals surface area contributed by atoms with E-state index < -0.39 is 0 Å². The van der Waals surface area contributed by atoms with Crippen molar-refractivity contribution in [3.8, 4) is 17.8 Å². The molecular weight excluding hydrogens is 292 g/mol. The minimum Gasteiger partial charge on any atom is -0.464 e. The lowest BCUT2D eigenvalue weighted by molar-refractivity contribution is 0.304. The van der Waals surface area contributed by atoms with Crippen LogP contribution in [-0.4, -0.2) is 28.1 Å². The van der Waals surface area contributed by atoms with Gasteiger partial charge in [-0.2, -0.15) is 9.97 Å². The van der Waals surface area contributed by atoms with Gasteiger partial charge < -0.3 is 14.8 Å². The summed E-state index contributed by atoms with van der Waals surface area (Å²) in [6.45, 7) is 6.89. The van der Waals surface area contributed by atoms with E-state index in [9.17, 15) is 0 Å². The van der Waals surface area contributed by atoms with Crippen LogP contribution < -0.4 is 14.8 Å². The van der Waals surface area contributed by atoms with Gasteiger partial charge in [0.25, 0.3) is 0 Å². The number of hydrogen-bond donors (Lipinski definition) is 1. The molecule has 1 aromatic heterocycles. The van der Waals surface area contributed by atoms with Gasteiger partial charge in [-0.1, -0.05) is 17.7 Å². The van der Waals surface area contributed by atoms with Crippen LogP contribution in [0.2, 0.25) is 5.02 Å². The molecule has 0 unspecified atom stereocenters. The van der Waals surface area contributed by atoms with Crippen molar-refractivity contribution < 1.29 is 9.47 Å². The fraction of sp³-hybridized carbons (Fsp3) is 0.357. The van der Waals surface area contributed by atoms with E-state index in [2.05, 4.69) is 20.3 Å². The quantitative estimate of drug-likeness (QED) is 0.881. The first-order valence-electron chi connectivity index (χ1n) is 6.69. The summed E-state index contributed by atoms with van der Waals surface area (Å²) in [5.41, 5.74) is 1.05. The van der Waals surface area contributed by atoms with Gasteiger partial charge in [0.05, 0.1) is 11.6 Å². The highest BCUT2D eigenvalue weighted by Crippen LogP contribution is 2.29. The molecule has 0 aliphatic heterocycles. The second-order valence-corrected chi connectivity index (χ2v) is 4.63. The van der Waals surface area contributed by atoms with E-state index in [0.717, 1.165) is 5.56 Å². The molecule has 0 aliphatic rings. The first-order valence-corrected chi connectivity index (χ1v) is 7.07. The van der Waals surface area contributed by atoms with Crippen molar-refractivity contribution in [1.82, 2.24) is 15.0 Å². The zero-order chi connectivity index (χ0) is 15.2. The smallest absolute Gasteiger partial charge is 0.330 e. The van der Waals surface area contributed by atoms with Crippen molar-refractivity contribution in [3.05, 3.63) is 28.8 Å². The van der Waals surface area contributed by atoms with E-state index in [1.54, 1.807) is 6.07 Å². The Bertz CT molecular complexity index is 598. The van der Waals surface area contributed by atoms with E-state index in [1.165, 1.54) is 0 Å². The fourth-order valence-electron chi connectivity index (χ4n) is 1.60. The summed E-state index contributed by atoms with van der Waals surface area (Å²) in [7, 11) is 0. The summed E-state index contributed by atoms with van der Waals surface area (Å²) in [5, 5.41) is 3.50. The van der Waals surface area contributed by atoms with Crippen LogP contribution in [0.5, 0.6) is 17.8 Å². The zero-order valence-electron chi connectivity index (χ0n) is 12.2. The number of aryl methyl sites for hydroxylation is 1. The molecule has 1 aromatic carbocycles. The number of aromatic nitrogens is 3. The van der Waals surface area contributed by atoms with Crippen LogP contribution in [-0.2, 0) is 0 Å². The van der Waals surface area contributed by atoms with Crippen LogP contribution in [0, 0.1) is 6.92 Å². The average Bonchev–Trinajstić information content (AvgIpc) is 2.42. The molecule has 0 fully saturated rings. The minimum absolute atomic E-state index is 0.134. The SMILES string of the molecule is CCNc1nc(OCC)nc(Oc2ccc(C)cc2Cl)n1. The number of hydrogen-bond acceptors (Lipinski definition) is 6. The molecule has 1 N–H and O–H groups in total. The van der Waals surface area contributed by atoms with Crippen molar-refractivity contribution in [3.63, 3.8) is 0 Å². The lowest BCUT2D eigenvalue weighted by Gasteiger charge is -2.09.